The molecule has 3 aromatic rings. The Morgan fingerprint density at radius 1 is 1.15 bits per heavy atom. The second-order valence-corrected chi connectivity index (χ2v) is 7.00. The summed E-state index contributed by atoms with van der Waals surface area (Å²) in [6, 6.07) is 11.9. The monoisotopic (exact) mass is 389 g/mol. The molecule has 2 aromatic carbocycles. The van der Waals surface area contributed by atoms with Gasteiger partial charge in [-0.2, -0.15) is 5.10 Å². The van der Waals surface area contributed by atoms with Crippen molar-refractivity contribution >= 4 is 39.9 Å². The van der Waals surface area contributed by atoms with E-state index in [9.17, 15) is 9.59 Å². The predicted octanol–water partition coefficient (Wildman–Crippen LogP) is 4.21. The van der Waals surface area contributed by atoms with Gasteiger partial charge in [0.25, 0.3) is 11.5 Å². The van der Waals surface area contributed by atoms with Crippen molar-refractivity contribution in [1.29, 1.82) is 0 Å². The summed E-state index contributed by atoms with van der Waals surface area (Å²) in [4.78, 5) is 25.3. The first-order valence-corrected chi connectivity index (χ1v) is 8.87. The third-order valence-electron chi connectivity index (χ3n) is 3.99. The minimum absolute atomic E-state index is 0.163. The van der Waals surface area contributed by atoms with Crippen LogP contribution >= 0.6 is 23.2 Å². The highest BCUT2D eigenvalue weighted by Gasteiger charge is 2.17. The Balaban J connectivity index is 1.97. The maximum atomic E-state index is 12.7. The summed E-state index contributed by atoms with van der Waals surface area (Å²) in [6.45, 7) is 3.92. The van der Waals surface area contributed by atoms with Crippen molar-refractivity contribution in [1.82, 2.24) is 15.1 Å². The average molecular weight is 390 g/mol. The molecule has 5 nitrogen and oxygen atoms in total. The quantitative estimate of drug-likeness (QED) is 0.726. The van der Waals surface area contributed by atoms with E-state index < -0.39 is 0 Å². The standard InChI is InChI=1S/C19H17Cl2N3O2/c1-11(2)24-19(26)15-6-4-3-5-14(15)17(23-24)18(25)22-10-12-7-8-13(20)9-16(12)21/h3-9,11H,10H2,1-2H3,(H,22,25). The number of amides is 1. The van der Waals surface area contributed by atoms with Crippen LogP contribution in [0.3, 0.4) is 0 Å². The van der Waals surface area contributed by atoms with E-state index in [1.807, 2.05) is 13.8 Å². The molecule has 3 rings (SSSR count). The van der Waals surface area contributed by atoms with E-state index in [2.05, 4.69) is 10.4 Å². The molecule has 7 heteroatoms. The average Bonchev–Trinajstić information content (AvgIpc) is 2.61. The zero-order chi connectivity index (χ0) is 18.8. The number of hydrogen-bond donors (Lipinski definition) is 1. The van der Waals surface area contributed by atoms with E-state index in [0.29, 0.717) is 20.8 Å². The van der Waals surface area contributed by atoms with Crippen molar-refractivity contribution in [2.24, 2.45) is 0 Å². The summed E-state index contributed by atoms with van der Waals surface area (Å²) in [5.74, 6) is -0.374. The van der Waals surface area contributed by atoms with Crippen LogP contribution in [0, 0.1) is 0 Å². The van der Waals surface area contributed by atoms with Gasteiger partial charge in [-0.25, -0.2) is 4.68 Å². The van der Waals surface area contributed by atoms with Crippen molar-refractivity contribution in [3.05, 3.63) is 74.1 Å². The molecule has 134 valence electrons. The topological polar surface area (TPSA) is 64.0 Å². The summed E-state index contributed by atoms with van der Waals surface area (Å²) in [6.07, 6.45) is 0. The molecule has 0 aliphatic rings. The van der Waals surface area contributed by atoms with E-state index in [-0.39, 0.29) is 29.7 Å². The minimum Gasteiger partial charge on any atom is -0.346 e. The summed E-state index contributed by atoms with van der Waals surface area (Å²) in [7, 11) is 0. The summed E-state index contributed by atoms with van der Waals surface area (Å²) in [5, 5.41) is 9.09. The van der Waals surface area contributed by atoms with Crippen LogP contribution < -0.4 is 10.9 Å². The lowest BCUT2D eigenvalue weighted by molar-refractivity contribution is 0.0945. The summed E-state index contributed by atoms with van der Waals surface area (Å²) < 4.78 is 1.33. The zero-order valence-electron chi connectivity index (χ0n) is 14.3. The van der Waals surface area contributed by atoms with Crippen LogP contribution in [0.1, 0.15) is 35.9 Å². The van der Waals surface area contributed by atoms with Crippen LogP contribution in [0.15, 0.2) is 47.3 Å². The first-order valence-electron chi connectivity index (χ1n) is 8.12. The molecule has 1 heterocycles. The molecule has 1 N–H and O–H groups in total. The smallest absolute Gasteiger partial charge is 0.274 e. The van der Waals surface area contributed by atoms with Gasteiger partial charge in [-0.1, -0.05) is 47.5 Å². The molecular weight excluding hydrogens is 373 g/mol. The zero-order valence-corrected chi connectivity index (χ0v) is 15.8. The number of carbonyl (C=O) groups is 1. The fourth-order valence-corrected chi connectivity index (χ4v) is 3.12. The van der Waals surface area contributed by atoms with E-state index >= 15 is 0 Å². The lowest BCUT2D eigenvalue weighted by Crippen LogP contribution is -2.31. The SMILES string of the molecule is CC(C)n1nc(C(=O)NCc2ccc(Cl)cc2Cl)c2ccccc2c1=O. The summed E-state index contributed by atoms with van der Waals surface area (Å²) >= 11 is 12.0. The number of halogens is 2. The highest BCUT2D eigenvalue weighted by Crippen LogP contribution is 2.21. The van der Waals surface area contributed by atoms with Gasteiger partial charge >= 0.3 is 0 Å². The van der Waals surface area contributed by atoms with E-state index in [1.165, 1.54) is 4.68 Å². The third-order valence-corrected chi connectivity index (χ3v) is 4.57. The number of fused-ring (bicyclic) bond motifs is 1. The van der Waals surface area contributed by atoms with E-state index in [4.69, 9.17) is 23.2 Å². The highest BCUT2D eigenvalue weighted by atomic mass is 35.5. The van der Waals surface area contributed by atoms with Crippen LogP contribution in [-0.2, 0) is 6.54 Å². The van der Waals surface area contributed by atoms with E-state index in [0.717, 1.165) is 5.56 Å². The predicted molar refractivity (Wildman–Crippen MR) is 104 cm³/mol. The fourth-order valence-electron chi connectivity index (χ4n) is 2.65. The molecule has 0 aliphatic heterocycles. The van der Waals surface area contributed by atoms with Gasteiger partial charge in [0.1, 0.15) is 0 Å². The Labute approximate surface area is 160 Å². The van der Waals surface area contributed by atoms with Crippen molar-refractivity contribution in [2.45, 2.75) is 26.4 Å². The molecular formula is C19H17Cl2N3O2. The molecule has 0 unspecified atom stereocenters. The van der Waals surface area contributed by atoms with Crippen LogP contribution in [0.2, 0.25) is 10.0 Å². The second kappa shape index (κ2) is 7.48. The molecule has 1 amide bonds. The van der Waals surface area contributed by atoms with Crippen LogP contribution in [0.5, 0.6) is 0 Å². The number of carbonyl (C=O) groups excluding carboxylic acids is 1. The van der Waals surface area contributed by atoms with E-state index in [1.54, 1.807) is 42.5 Å². The molecule has 0 spiro atoms. The number of hydrogen-bond acceptors (Lipinski definition) is 3. The maximum Gasteiger partial charge on any atom is 0.274 e. The third kappa shape index (κ3) is 3.59. The Hall–Kier alpha value is -2.37. The maximum absolute atomic E-state index is 12.7. The van der Waals surface area contributed by atoms with Gasteiger partial charge in [0.15, 0.2) is 5.69 Å². The van der Waals surface area contributed by atoms with Crippen LogP contribution in [-0.4, -0.2) is 15.7 Å². The fraction of sp³-hybridized carbons (Fsp3) is 0.211. The van der Waals surface area contributed by atoms with Crippen LogP contribution in [0.4, 0.5) is 0 Å². The number of benzene rings is 2. The minimum atomic E-state index is -0.374. The van der Waals surface area contributed by atoms with Crippen LogP contribution in [0.25, 0.3) is 10.8 Å². The van der Waals surface area contributed by atoms with Crippen molar-refractivity contribution in [2.75, 3.05) is 0 Å². The molecule has 26 heavy (non-hydrogen) atoms. The number of aromatic nitrogens is 2. The Morgan fingerprint density at radius 2 is 1.85 bits per heavy atom. The Bertz CT molecular complexity index is 1040. The number of nitrogens with zero attached hydrogens (tertiary/aromatic N) is 2. The molecule has 0 aliphatic carbocycles. The van der Waals surface area contributed by atoms with Crippen molar-refractivity contribution < 1.29 is 4.79 Å². The molecule has 0 saturated heterocycles. The largest absolute Gasteiger partial charge is 0.346 e. The first-order chi connectivity index (χ1) is 12.4. The lowest BCUT2D eigenvalue weighted by atomic mass is 10.1. The lowest BCUT2D eigenvalue weighted by Gasteiger charge is -2.13. The highest BCUT2D eigenvalue weighted by molar-refractivity contribution is 6.35. The Kier molecular flexibility index (Phi) is 5.30. The first kappa shape index (κ1) is 18.4. The van der Waals surface area contributed by atoms with Gasteiger partial charge in [0, 0.05) is 22.0 Å². The molecule has 1 aromatic heterocycles. The van der Waals surface area contributed by atoms with Crippen molar-refractivity contribution in [3.8, 4) is 0 Å². The molecule has 0 saturated carbocycles. The van der Waals surface area contributed by atoms with Gasteiger partial charge in [-0.15, -0.1) is 0 Å². The van der Waals surface area contributed by atoms with Gasteiger partial charge in [0.05, 0.1) is 11.4 Å². The molecule has 0 fully saturated rings. The molecule has 0 radical (unpaired) electrons. The van der Waals surface area contributed by atoms with Gasteiger partial charge in [-0.05, 0) is 37.6 Å². The van der Waals surface area contributed by atoms with Crippen molar-refractivity contribution in [3.63, 3.8) is 0 Å². The second-order valence-electron chi connectivity index (χ2n) is 6.16. The van der Waals surface area contributed by atoms with Gasteiger partial charge in [0.2, 0.25) is 0 Å². The Morgan fingerprint density at radius 3 is 2.50 bits per heavy atom. The van der Waals surface area contributed by atoms with Gasteiger partial charge < -0.3 is 5.32 Å². The molecule has 0 bridgehead atoms. The number of rotatable bonds is 4. The molecule has 0 atom stereocenters. The number of nitrogens with one attached hydrogen (secondary N) is 1. The summed E-state index contributed by atoms with van der Waals surface area (Å²) in [5.41, 5.74) is 0.734. The van der Waals surface area contributed by atoms with Gasteiger partial charge in [-0.3, -0.25) is 9.59 Å². The normalized spacial score (nSPS) is 11.1.